The molecule has 2 aliphatic rings. The molecule has 1 saturated heterocycles. The molecule has 1 aromatic rings. The fourth-order valence-electron chi connectivity index (χ4n) is 3.20. The summed E-state index contributed by atoms with van der Waals surface area (Å²) in [6, 6.07) is 7.16. The van der Waals surface area contributed by atoms with E-state index in [-0.39, 0.29) is 23.5 Å². The van der Waals surface area contributed by atoms with E-state index in [0.29, 0.717) is 11.4 Å². The molecule has 0 radical (unpaired) electrons. The van der Waals surface area contributed by atoms with Gasteiger partial charge in [-0.3, -0.25) is 4.79 Å². The minimum Gasteiger partial charge on any atom is -0.352 e. The van der Waals surface area contributed by atoms with Crippen molar-refractivity contribution in [3.63, 3.8) is 0 Å². The van der Waals surface area contributed by atoms with E-state index in [2.05, 4.69) is 5.32 Å². The summed E-state index contributed by atoms with van der Waals surface area (Å²) in [4.78, 5) is 12.7. The fourth-order valence-corrected chi connectivity index (χ4v) is 5.06. The molecule has 1 aromatic carbocycles. The van der Waals surface area contributed by atoms with Gasteiger partial charge in [0.1, 0.15) is 0 Å². The maximum absolute atomic E-state index is 12.7. The predicted molar refractivity (Wildman–Crippen MR) is 82.2 cm³/mol. The Morgan fingerprint density at radius 2 is 2.10 bits per heavy atom. The molecule has 4 nitrogen and oxygen atoms in total. The van der Waals surface area contributed by atoms with Crippen molar-refractivity contribution >= 4 is 27.3 Å². The third-order valence-electron chi connectivity index (χ3n) is 4.59. The summed E-state index contributed by atoms with van der Waals surface area (Å²) in [5.41, 5.74) is 0.400. The maximum Gasteiger partial charge on any atom is 0.230 e. The highest BCUT2D eigenvalue weighted by Crippen LogP contribution is 2.44. The molecule has 3 rings (SSSR count). The summed E-state index contributed by atoms with van der Waals surface area (Å²) in [5, 5.41) is 3.55. The van der Waals surface area contributed by atoms with Crippen LogP contribution in [0, 0.1) is 0 Å². The fraction of sp³-hybridized carbons (Fsp3) is 0.533. The molecule has 114 valence electrons. The zero-order valence-electron chi connectivity index (χ0n) is 11.6. The Balaban J connectivity index is 1.78. The number of amides is 1. The second-order valence-electron chi connectivity index (χ2n) is 6.02. The molecular formula is C15H18ClNO3S. The number of carbonyl (C=O) groups is 1. The average molecular weight is 328 g/mol. The van der Waals surface area contributed by atoms with Crippen LogP contribution in [0.1, 0.15) is 31.2 Å². The van der Waals surface area contributed by atoms with E-state index in [1.807, 2.05) is 18.2 Å². The quantitative estimate of drug-likeness (QED) is 0.924. The zero-order chi connectivity index (χ0) is 15.1. The van der Waals surface area contributed by atoms with E-state index in [1.165, 1.54) is 0 Å². The molecule has 1 atom stereocenters. The Morgan fingerprint density at radius 3 is 2.62 bits per heavy atom. The summed E-state index contributed by atoms with van der Waals surface area (Å²) in [5.74, 6) is 0.171. The van der Waals surface area contributed by atoms with Crippen molar-refractivity contribution in [3.05, 3.63) is 34.9 Å². The molecule has 6 heteroatoms. The molecule has 0 aromatic heterocycles. The number of halogens is 1. The summed E-state index contributed by atoms with van der Waals surface area (Å²) < 4.78 is 23.0. The second kappa shape index (κ2) is 5.29. The normalized spacial score (nSPS) is 26.0. The molecule has 1 heterocycles. The van der Waals surface area contributed by atoms with Crippen molar-refractivity contribution < 1.29 is 13.2 Å². The van der Waals surface area contributed by atoms with Crippen LogP contribution in [0.25, 0.3) is 0 Å². The molecule has 21 heavy (non-hydrogen) atoms. The largest absolute Gasteiger partial charge is 0.352 e. The van der Waals surface area contributed by atoms with Crippen LogP contribution in [-0.4, -0.2) is 31.9 Å². The van der Waals surface area contributed by atoms with E-state index in [9.17, 15) is 13.2 Å². The SMILES string of the molecule is O=C(NC1CCS(=O)(=O)C1)C1(c2cccc(Cl)c2)CCC1. The highest BCUT2D eigenvalue weighted by Gasteiger charge is 2.46. The lowest BCUT2D eigenvalue weighted by Gasteiger charge is -2.41. The molecular weight excluding hydrogens is 310 g/mol. The second-order valence-corrected chi connectivity index (χ2v) is 8.68. The molecule has 1 saturated carbocycles. The van der Waals surface area contributed by atoms with Gasteiger partial charge in [0.15, 0.2) is 9.84 Å². The third-order valence-corrected chi connectivity index (χ3v) is 6.59. The van der Waals surface area contributed by atoms with Crippen LogP contribution in [0.4, 0.5) is 0 Å². The Labute approximate surface area is 129 Å². The van der Waals surface area contributed by atoms with E-state index in [0.717, 1.165) is 24.8 Å². The summed E-state index contributed by atoms with van der Waals surface area (Å²) >= 11 is 6.03. The molecule has 0 spiro atoms. The summed E-state index contributed by atoms with van der Waals surface area (Å²) in [7, 11) is -2.98. The maximum atomic E-state index is 12.7. The summed E-state index contributed by atoms with van der Waals surface area (Å²) in [6.45, 7) is 0. The molecule has 1 aliphatic heterocycles. The van der Waals surface area contributed by atoms with Gasteiger partial charge in [0.25, 0.3) is 0 Å². The van der Waals surface area contributed by atoms with Crippen LogP contribution in [0.5, 0.6) is 0 Å². The van der Waals surface area contributed by atoms with Crippen molar-refractivity contribution in [2.75, 3.05) is 11.5 Å². The number of hydrogen-bond donors (Lipinski definition) is 1. The van der Waals surface area contributed by atoms with Gasteiger partial charge in [-0.2, -0.15) is 0 Å². The Kier molecular flexibility index (Phi) is 3.74. The molecule has 2 fully saturated rings. The standard InChI is InChI=1S/C15H18ClNO3S/c16-12-4-1-3-11(9-12)15(6-2-7-15)14(18)17-13-5-8-21(19,20)10-13/h1,3-4,9,13H,2,5-8,10H2,(H,17,18). The highest BCUT2D eigenvalue weighted by molar-refractivity contribution is 7.91. The van der Waals surface area contributed by atoms with Gasteiger partial charge in [0.05, 0.1) is 16.9 Å². The molecule has 0 bridgehead atoms. The van der Waals surface area contributed by atoms with Crippen LogP contribution in [0.2, 0.25) is 5.02 Å². The Morgan fingerprint density at radius 1 is 1.33 bits per heavy atom. The number of sulfone groups is 1. The number of nitrogens with one attached hydrogen (secondary N) is 1. The van der Waals surface area contributed by atoms with Gasteiger partial charge in [-0.15, -0.1) is 0 Å². The van der Waals surface area contributed by atoms with E-state index >= 15 is 0 Å². The van der Waals surface area contributed by atoms with Crippen molar-refractivity contribution in [1.29, 1.82) is 0 Å². The third kappa shape index (κ3) is 2.81. The lowest BCUT2D eigenvalue weighted by atomic mass is 9.63. The van der Waals surface area contributed by atoms with E-state index in [4.69, 9.17) is 11.6 Å². The van der Waals surface area contributed by atoms with Gasteiger partial charge < -0.3 is 5.32 Å². The van der Waals surface area contributed by atoms with Crippen LogP contribution >= 0.6 is 11.6 Å². The average Bonchev–Trinajstić information content (AvgIpc) is 2.67. The van der Waals surface area contributed by atoms with Crippen LogP contribution in [0.15, 0.2) is 24.3 Å². The minimum absolute atomic E-state index is 0.0573. The van der Waals surface area contributed by atoms with Gasteiger partial charge in [-0.1, -0.05) is 30.2 Å². The Hall–Kier alpha value is -1.07. The minimum atomic E-state index is -2.98. The lowest BCUT2D eigenvalue weighted by Crippen LogP contribution is -2.52. The topological polar surface area (TPSA) is 63.2 Å². The van der Waals surface area contributed by atoms with Crippen LogP contribution in [0.3, 0.4) is 0 Å². The van der Waals surface area contributed by atoms with Crippen LogP contribution < -0.4 is 5.32 Å². The monoisotopic (exact) mass is 327 g/mol. The van der Waals surface area contributed by atoms with Crippen molar-refractivity contribution in [2.45, 2.75) is 37.1 Å². The molecule has 1 amide bonds. The number of benzene rings is 1. The first kappa shape index (κ1) is 14.9. The van der Waals surface area contributed by atoms with Gasteiger partial charge in [-0.25, -0.2) is 8.42 Å². The predicted octanol–water partition coefficient (Wildman–Crippen LogP) is 2.07. The first-order valence-electron chi connectivity index (χ1n) is 7.19. The van der Waals surface area contributed by atoms with E-state index < -0.39 is 15.3 Å². The van der Waals surface area contributed by atoms with Crippen LogP contribution in [-0.2, 0) is 20.0 Å². The van der Waals surface area contributed by atoms with Crippen molar-refractivity contribution in [2.24, 2.45) is 0 Å². The van der Waals surface area contributed by atoms with Gasteiger partial charge in [0, 0.05) is 11.1 Å². The van der Waals surface area contributed by atoms with E-state index in [1.54, 1.807) is 6.07 Å². The highest BCUT2D eigenvalue weighted by atomic mass is 35.5. The molecule has 1 unspecified atom stereocenters. The molecule has 1 N–H and O–H groups in total. The number of rotatable bonds is 3. The van der Waals surface area contributed by atoms with Gasteiger partial charge >= 0.3 is 0 Å². The number of hydrogen-bond acceptors (Lipinski definition) is 3. The first-order chi connectivity index (χ1) is 9.91. The first-order valence-corrected chi connectivity index (χ1v) is 9.39. The Bertz CT molecular complexity index is 667. The lowest BCUT2D eigenvalue weighted by molar-refractivity contribution is -0.130. The smallest absolute Gasteiger partial charge is 0.230 e. The number of carbonyl (C=O) groups excluding carboxylic acids is 1. The van der Waals surface area contributed by atoms with Gasteiger partial charge in [0.2, 0.25) is 5.91 Å². The summed E-state index contributed by atoms with van der Waals surface area (Å²) in [6.07, 6.45) is 3.10. The van der Waals surface area contributed by atoms with Crippen molar-refractivity contribution in [1.82, 2.24) is 5.32 Å². The molecule has 1 aliphatic carbocycles. The van der Waals surface area contributed by atoms with Gasteiger partial charge in [-0.05, 0) is 37.0 Å². The van der Waals surface area contributed by atoms with Crippen molar-refractivity contribution in [3.8, 4) is 0 Å². The zero-order valence-corrected chi connectivity index (χ0v) is 13.2.